The highest BCUT2D eigenvalue weighted by Gasteiger charge is 2.42. The lowest BCUT2D eigenvalue weighted by Gasteiger charge is -2.34. The SMILES string of the molecule is O=C(O)C1(CC2CCCO2)CCOCC1. The van der Waals surface area contributed by atoms with Gasteiger partial charge in [0.05, 0.1) is 11.5 Å². The zero-order valence-corrected chi connectivity index (χ0v) is 8.91. The molecule has 0 bridgehead atoms. The van der Waals surface area contributed by atoms with E-state index >= 15 is 0 Å². The highest BCUT2D eigenvalue weighted by Crippen LogP contribution is 2.38. The number of rotatable bonds is 3. The topological polar surface area (TPSA) is 55.8 Å². The van der Waals surface area contributed by atoms with Gasteiger partial charge in [-0.1, -0.05) is 0 Å². The van der Waals surface area contributed by atoms with Gasteiger partial charge in [-0.15, -0.1) is 0 Å². The zero-order valence-electron chi connectivity index (χ0n) is 8.91. The molecule has 0 aromatic carbocycles. The maximum atomic E-state index is 11.4. The van der Waals surface area contributed by atoms with E-state index in [1.807, 2.05) is 0 Å². The number of ether oxygens (including phenoxy) is 2. The summed E-state index contributed by atoms with van der Waals surface area (Å²) in [6.45, 7) is 1.93. The molecule has 1 unspecified atom stereocenters. The number of hydrogen-bond acceptors (Lipinski definition) is 3. The van der Waals surface area contributed by atoms with Crippen LogP contribution in [0.25, 0.3) is 0 Å². The molecule has 0 amide bonds. The van der Waals surface area contributed by atoms with Crippen molar-refractivity contribution in [2.45, 2.75) is 38.2 Å². The van der Waals surface area contributed by atoms with Crippen LogP contribution in [0.4, 0.5) is 0 Å². The van der Waals surface area contributed by atoms with Crippen LogP contribution in [0.2, 0.25) is 0 Å². The fraction of sp³-hybridized carbons (Fsp3) is 0.909. The number of hydrogen-bond donors (Lipinski definition) is 1. The first-order chi connectivity index (χ1) is 7.23. The molecule has 2 fully saturated rings. The molecule has 0 aromatic heterocycles. The van der Waals surface area contributed by atoms with Crippen LogP contribution in [-0.4, -0.2) is 37.0 Å². The standard InChI is InChI=1S/C11H18O4/c12-10(13)11(3-6-14-7-4-11)8-9-2-1-5-15-9/h9H,1-8H2,(H,12,13). The van der Waals surface area contributed by atoms with Gasteiger partial charge in [-0.2, -0.15) is 0 Å². The summed E-state index contributed by atoms with van der Waals surface area (Å²) in [6.07, 6.45) is 4.14. The van der Waals surface area contributed by atoms with Crippen molar-refractivity contribution >= 4 is 5.97 Å². The summed E-state index contributed by atoms with van der Waals surface area (Å²) in [5, 5.41) is 9.34. The largest absolute Gasteiger partial charge is 0.481 e. The van der Waals surface area contributed by atoms with Gasteiger partial charge < -0.3 is 14.6 Å². The lowest BCUT2D eigenvalue weighted by atomic mass is 9.75. The van der Waals surface area contributed by atoms with E-state index < -0.39 is 11.4 Å². The van der Waals surface area contributed by atoms with Crippen LogP contribution in [0.5, 0.6) is 0 Å². The van der Waals surface area contributed by atoms with Crippen LogP contribution in [0.15, 0.2) is 0 Å². The maximum absolute atomic E-state index is 11.4. The molecule has 2 rings (SSSR count). The van der Waals surface area contributed by atoms with Crippen LogP contribution in [0, 0.1) is 5.41 Å². The Labute approximate surface area is 89.6 Å². The van der Waals surface area contributed by atoms with Gasteiger partial charge in [-0.25, -0.2) is 0 Å². The van der Waals surface area contributed by atoms with Crippen molar-refractivity contribution in [2.75, 3.05) is 19.8 Å². The molecule has 15 heavy (non-hydrogen) atoms. The minimum atomic E-state index is -0.679. The molecule has 86 valence electrons. The third-order valence-corrected chi connectivity index (χ3v) is 3.55. The van der Waals surface area contributed by atoms with Crippen LogP contribution in [0.1, 0.15) is 32.1 Å². The Balaban J connectivity index is 2.00. The van der Waals surface area contributed by atoms with E-state index in [1.165, 1.54) is 0 Å². The van der Waals surface area contributed by atoms with Crippen LogP contribution >= 0.6 is 0 Å². The number of aliphatic carboxylic acids is 1. The third kappa shape index (κ3) is 2.32. The summed E-state index contributed by atoms with van der Waals surface area (Å²) in [4.78, 5) is 11.4. The third-order valence-electron chi connectivity index (χ3n) is 3.55. The van der Waals surface area contributed by atoms with E-state index in [1.54, 1.807) is 0 Å². The molecule has 2 saturated heterocycles. The molecular weight excluding hydrogens is 196 g/mol. The van der Waals surface area contributed by atoms with E-state index in [0.29, 0.717) is 32.5 Å². The van der Waals surface area contributed by atoms with Crippen molar-refractivity contribution in [3.8, 4) is 0 Å². The predicted molar refractivity (Wildman–Crippen MR) is 53.7 cm³/mol. The van der Waals surface area contributed by atoms with E-state index in [2.05, 4.69) is 0 Å². The van der Waals surface area contributed by atoms with Gasteiger partial charge in [0.25, 0.3) is 0 Å². The van der Waals surface area contributed by atoms with Crippen LogP contribution in [-0.2, 0) is 14.3 Å². The number of carboxylic acid groups (broad SMARTS) is 1. The molecule has 0 spiro atoms. The van der Waals surface area contributed by atoms with E-state index in [4.69, 9.17) is 9.47 Å². The van der Waals surface area contributed by atoms with Crippen molar-refractivity contribution in [1.29, 1.82) is 0 Å². The van der Waals surface area contributed by atoms with Crippen molar-refractivity contribution in [3.63, 3.8) is 0 Å². The molecule has 4 nitrogen and oxygen atoms in total. The molecular formula is C11H18O4. The molecule has 0 aliphatic carbocycles. The summed E-state index contributed by atoms with van der Waals surface area (Å²) in [6, 6.07) is 0. The number of carbonyl (C=O) groups is 1. The Morgan fingerprint density at radius 3 is 2.60 bits per heavy atom. The average molecular weight is 214 g/mol. The van der Waals surface area contributed by atoms with Crippen LogP contribution < -0.4 is 0 Å². The summed E-state index contributed by atoms with van der Waals surface area (Å²) in [7, 11) is 0. The fourth-order valence-corrected chi connectivity index (χ4v) is 2.51. The molecule has 0 aromatic rings. The van der Waals surface area contributed by atoms with Crippen molar-refractivity contribution < 1.29 is 19.4 Å². The van der Waals surface area contributed by atoms with Gasteiger partial charge in [-0.05, 0) is 32.1 Å². The average Bonchev–Trinajstić information content (AvgIpc) is 2.71. The van der Waals surface area contributed by atoms with E-state index in [0.717, 1.165) is 19.4 Å². The minimum Gasteiger partial charge on any atom is -0.481 e. The molecule has 2 heterocycles. The molecule has 2 aliphatic heterocycles. The highest BCUT2D eigenvalue weighted by molar-refractivity contribution is 5.74. The smallest absolute Gasteiger partial charge is 0.309 e. The Morgan fingerprint density at radius 2 is 2.07 bits per heavy atom. The van der Waals surface area contributed by atoms with Crippen molar-refractivity contribution in [3.05, 3.63) is 0 Å². The van der Waals surface area contributed by atoms with Gasteiger partial charge in [0, 0.05) is 19.8 Å². The Morgan fingerprint density at radius 1 is 1.33 bits per heavy atom. The van der Waals surface area contributed by atoms with Gasteiger partial charge in [-0.3, -0.25) is 4.79 Å². The van der Waals surface area contributed by atoms with Crippen molar-refractivity contribution in [1.82, 2.24) is 0 Å². The molecule has 2 aliphatic rings. The summed E-state index contributed by atoms with van der Waals surface area (Å²) in [5.74, 6) is -0.679. The predicted octanol–water partition coefficient (Wildman–Crippen LogP) is 1.44. The second-order valence-corrected chi connectivity index (χ2v) is 4.54. The molecule has 1 atom stereocenters. The Bertz CT molecular complexity index is 227. The Hall–Kier alpha value is -0.610. The highest BCUT2D eigenvalue weighted by atomic mass is 16.5. The molecule has 0 saturated carbocycles. The lowest BCUT2D eigenvalue weighted by Crippen LogP contribution is -2.39. The lowest BCUT2D eigenvalue weighted by molar-refractivity contribution is -0.157. The first kappa shape index (κ1) is 10.9. The Kier molecular flexibility index (Phi) is 3.26. The fourth-order valence-electron chi connectivity index (χ4n) is 2.51. The van der Waals surface area contributed by atoms with E-state index in [-0.39, 0.29) is 6.10 Å². The second kappa shape index (κ2) is 4.49. The first-order valence-corrected chi connectivity index (χ1v) is 5.66. The molecule has 1 N–H and O–H groups in total. The molecule has 0 radical (unpaired) electrons. The summed E-state index contributed by atoms with van der Waals surface area (Å²) >= 11 is 0. The number of carboxylic acids is 1. The van der Waals surface area contributed by atoms with Gasteiger partial charge >= 0.3 is 5.97 Å². The van der Waals surface area contributed by atoms with Crippen LogP contribution in [0.3, 0.4) is 0 Å². The summed E-state index contributed by atoms with van der Waals surface area (Å²) in [5.41, 5.74) is -0.590. The summed E-state index contributed by atoms with van der Waals surface area (Å²) < 4.78 is 10.8. The quantitative estimate of drug-likeness (QED) is 0.772. The normalized spacial score (nSPS) is 30.3. The zero-order chi connectivity index (χ0) is 10.7. The van der Waals surface area contributed by atoms with Gasteiger partial charge in [0.15, 0.2) is 0 Å². The first-order valence-electron chi connectivity index (χ1n) is 5.66. The van der Waals surface area contributed by atoms with Gasteiger partial charge in [0.1, 0.15) is 0 Å². The second-order valence-electron chi connectivity index (χ2n) is 4.54. The molecule has 4 heteroatoms. The van der Waals surface area contributed by atoms with E-state index in [9.17, 15) is 9.90 Å². The minimum absolute atomic E-state index is 0.152. The van der Waals surface area contributed by atoms with Gasteiger partial charge in [0.2, 0.25) is 0 Å². The van der Waals surface area contributed by atoms with Crippen molar-refractivity contribution in [2.24, 2.45) is 5.41 Å². The maximum Gasteiger partial charge on any atom is 0.309 e. The monoisotopic (exact) mass is 214 g/mol.